The van der Waals surface area contributed by atoms with E-state index in [0.717, 1.165) is 12.8 Å². The van der Waals surface area contributed by atoms with Gasteiger partial charge in [-0.05, 0) is 12.8 Å². The number of nitrogens with zero attached hydrogens (tertiary/aromatic N) is 2. The minimum atomic E-state index is -0.903. The number of aliphatic hydroxyl groups is 1. The molecule has 5 heteroatoms. The van der Waals surface area contributed by atoms with Gasteiger partial charge in [-0.2, -0.15) is 0 Å². The van der Waals surface area contributed by atoms with E-state index in [2.05, 4.69) is 15.5 Å². The van der Waals surface area contributed by atoms with Gasteiger partial charge in [0.2, 0.25) is 5.89 Å². The fourth-order valence-corrected chi connectivity index (χ4v) is 1.43. The van der Waals surface area contributed by atoms with E-state index in [9.17, 15) is 5.11 Å². The van der Waals surface area contributed by atoms with Gasteiger partial charge in [0, 0.05) is 19.0 Å². The van der Waals surface area contributed by atoms with Gasteiger partial charge in [-0.1, -0.05) is 0 Å². The van der Waals surface area contributed by atoms with Crippen LogP contribution in [0.15, 0.2) is 4.42 Å². The van der Waals surface area contributed by atoms with Gasteiger partial charge in [-0.3, -0.25) is 0 Å². The van der Waals surface area contributed by atoms with E-state index in [1.165, 1.54) is 0 Å². The number of hydrogen-bond donors (Lipinski definition) is 2. The number of nitrogens with one attached hydrogen (secondary N) is 1. The Balaban J connectivity index is 1.87. The van der Waals surface area contributed by atoms with Crippen molar-refractivity contribution in [3.8, 4) is 0 Å². The molecule has 3 rings (SSSR count). The van der Waals surface area contributed by atoms with Crippen LogP contribution in [0, 0.1) is 0 Å². The molecule has 1 saturated carbocycles. The summed E-state index contributed by atoms with van der Waals surface area (Å²) in [5.41, 5.74) is -0.903. The lowest BCUT2D eigenvalue weighted by molar-refractivity contribution is -0.0387. The van der Waals surface area contributed by atoms with Gasteiger partial charge in [-0.15, -0.1) is 10.2 Å². The van der Waals surface area contributed by atoms with Crippen molar-refractivity contribution in [2.75, 3.05) is 13.1 Å². The summed E-state index contributed by atoms with van der Waals surface area (Å²) in [6.07, 6.45) is 2.27. The average molecular weight is 181 g/mol. The maximum absolute atomic E-state index is 9.84. The molecule has 1 aliphatic carbocycles. The lowest BCUT2D eigenvalue weighted by atomic mass is 9.98. The molecule has 0 atom stereocenters. The Morgan fingerprint density at radius 3 is 2.69 bits per heavy atom. The third-order valence-electron chi connectivity index (χ3n) is 2.60. The number of aromatic nitrogens is 2. The van der Waals surface area contributed by atoms with E-state index in [0.29, 0.717) is 30.8 Å². The first-order valence-electron chi connectivity index (χ1n) is 4.55. The van der Waals surface area contributed by atoms with Crippen molar-refractivity contribution < 1.29 is 9.52 Å². The maximum Gasteiger partial charge on any atom is 0.250 e. The molecule has 0 bridgehead atoms. The fourth-order valence-electron chi connectivity index (χ4n) is 1.43. The molecule has 13 heavy (non-hydrogen) atoms. The van der Waals surface area contributed by atoms with Crippen molar-refractivity contribution in [1.29, 1.82) is 0 Å². The molecule has 0 spiro atoms. The van der Waals surface area contributed by atoms with Gasteiger partial charge in [0.1, 0.15) is 0 Å². The molecule has 5 nitrogen and oxygen atoms in total. The van der Waals surface area contributed by atoms with Crippen LogP contribution in [0.25, 0.3) is 0 Å². The van der Waals surface area contributed by atoms with E-state index < -0.39 is 5.60 Å². The number of rotatable bonds is 2. The molecule has 1 aromatic heterocycles. The Morgan fingerprint density at radius 2 is 2.15 bits per heavy atom. The van der Waals surface area contributed by atoms with Gasteiger partial charge < -0.3 is 14.8 Å². The molecule has 2 aliphatic rings. The molecule has 1 aromatic rings. The van der Waals surface area contributed by atoms with Crippen LogP contribution < -0.4 is 5.32 Å². The Bertz CT molecular complexity index is 328. The standard InChI is InChI=1S/C8H11N3O2/c12-8(3-9-4-8)7-11-10-6(13-7)5-1-2-5/h5,9,12H,1-4H2. The molecular formula is C8H11N3O2. The zero-order valence-electron chi connectivity index (χ0n) is 7.16. The largest absolute Gasteiger partial charge is 0.422 e. The molecule has 2 fully saturated rings. The summed E-state index contributed by atoms with van der Waals surface area (Å²) >= 11 is 0. The number of β-amino-alcohol motifs (C(OH)–C–C–N with tert-alkyl or cyclic N) is 1. The second kappa shape index (κ2) is 2.30. The average Bonchev–Trinajstić information content (AvgIpc) is 2.80. The number of hydrogen-bond acceptors (Lipinski definition) is 5. The maximum atomic E-state index is 9.84. The lowest BCUT2D eigenvalue weighted by Gasteiger charge is -2.33. The molecule has 1 aliphatic heterocycles. The molecule has 2 heterocycles. The molecule has 0 unspecified atom stereocenters. The highest BCUT2D eigenvalue weighted by Crippen LogP contribution is 2.40. The van der Waals surface area contributed by atoms with Crippen molar-refractivity contribution in [2.24, 2.45) is 0 Å². The van der Waals surface area contributed by atoms with E-state index in [1.54, 1.807) is 0 Å². The highest BCUT2D eigenvalue weighted by atomic mass is 16.4. The normalized spacial score (nSPS) is 25.6. The smallest absolute Gasteiger partial charge is 0.250 e. The van der Waals surface area contributed by atoms with Crippen LogP contribution in [0.4, 0.5) is 0 Å². The fraction of sp³-hybridized carbons (Fsp3) is 0.750. The van der Waals surface area contributed by atoms with Crippen LogP contribution >= 0.6 is 0 Å². The third kappa shape index (κ3) is 1.08. The minimum Gasteiger partial charge on any atom is -0.422 e. The van der Waals surface area contributed by atoms with Gasteiger partial charge in [0.25, 0.3) is 5.89 Å². The summed E-state index contributed by atoms with van der Waals surface area (Å²) in [6, 6.07) is 0. The van der Waals surface area contributed by atoms with Crippen molar-refractivity contribution in [3.63, 3.8) is 0 Å². The van der Waals surface area contributed by atoms with Crippen molar-refractivity contribution in [3.05, 3.63) is 11.8 Å². The van der Waals surface area contributed by atoms with Crippen LogP contribution in [0.5, 0.6) is 0 Å². The molecule has 0 radical (unpaired) electrons. The monoisotopic (exact) mass is 181 g/mol. The van der Waals surface area contributed by atoms with E-state index in [4.69, 9.17) is 4.42 Å². The topological polar surface area (TPSA) is 71.2 Å². The van der Waals surface area contributed by atoms with Crippen molar-refractivity contribution >= 4 is 0 Å². The van der Waals surface area contributed by atoms with Gasteiger partial charge >= 0.3 is 0 Å². The Labute approximate surface area is 75.2 Å². The summed E-state index contributed by atoms with van der Waals surface area (Å²) in [6.45, 7) is 1.03. The lowest BCUT2D eigenvalue weighted by Crippen LogP contribution is -2.56. The van der Waals surface area contributed by atoms with Crippen LogP contribution in [0.1, 0.15) is 30.5 Å². The SMILES string of the molecule is OC1(c2nnc(C3CC3)o2)CNC1. The Kier molecular flexibility index (Phi) is 1.32. The Hall–Kier alpha value is -0.940. The predicted octanol–water partition coefficient (Wildman–Crippen LogP) is -0.262. The van der Waals surface area contributed by atoms with Crippen molar-refractivity contribution in [1.82, 2.24) is 15.5 Å². The summed E-state index contributed by atoms with van der Waals surface area (Å²) in [4.78, 5) is 0. The van der Waals surface area contributed by atoms with Crippen LogP contribution in [-0.2, 0) is 5.60 Å². The second-order valence-corrected chi connectivity index (χ2v) is 3.85. The summed E-state index contributed by atoms with van der Waals surface area (Å²) in [7, 11) is 0. The molecular weight excluding hydrogens is 170 g/mol. The van der Waals surface area contributed by atoms with Crippen LogP contribution in [-0.4, -0.2) is 28.4 Å². The highest BCUT2D eigenvalue weighted by Gasteiger charge is 2.42. The molecule has 0 aromatic carbocycles. The first-order valence-corrected chi connectivity index (χ1v) is 4.55. The van der Waals surface area contributed by atoms with Crippen LogP contribution in [0.2, 0.25) is 0 Å². The zero-order chi connectivity index (χ0) is 8.89. The minimum absolute atomic E-state index is 0.369. The van der Waals surface area contributed by atoms with E-state index in [-0.39, 0.29) is 0 Å². The second-order valence-electron chi connectivity index (χ2n) is 3.85. The van der Waals surface area contributed by atoms with Gasteiger partial charge in [0.05, 0.1) is 0 Å². The third-order valence-corrected chi connectivity index (χ3v) is 2.60. The summed E-state index contributed by atoms with van der Waals surface area (Å²) < 4.78 is 5.40. The van der Waals surface area contributed by atoms with Gasteiger partial charge in [0.15, 0.2) is 5.60 Å². The molecule has 70 valence electrons. The quantitative estimate of drug-likeness (QED) is 0.657. The van der Waals surface area contributed by atoms with Crippen molar-refractivity contribution in [2.45, 2.75) is 24.4 Å². The van der Waals surface area contributed by atoms with E-state index in [1.807, 2.05) is 0 Å². The first-order chi connectivity index (χ1) is 6.28. The first kappa shape index (κ1) is 7.46. The zero-order valence-corrected chi connectivity index (χ0v) is 7.16. The highest BCUT2D eigenvalue weighted by molar-refractivity contribution is 5.08. The Morgan fingerprint density at radius 1 is 1.38 bits per heavy atom. The summed E-state index contributed by atoms with van der Waals surface area (Å²) in [5, 5.41) is 20.6. The molecule has 0 amide bonds. The molecule has 2 N–H and O–H groups in total. The van der Waals surface area contributed by atoms with Crippen LogP contribution in [0.3, 0.4) is 0 Å². The molecule has 1 saturated heterocycles. The predicted molar refractivity (Wildman–Crippen MR) is 43.0 cm³/mol. The van der Waals surface area contributed by atoms with E-state index >= 15 is 0 Å². The van der Waals surface area contributed by atoms with Gasteiger partial charge in [-0.25, -0.2) is 0 Å². The summed E-state index contributed by atoms with van der Waals surface area (Å²) in [5.74, 6) is 1.52.